The molecule has 0 saturated carbocycles. The minimum Gasteiger partial charge on any atom is -0.0613 e. The van der Waals surface area contributed by atoms with Gasteiger partial charge in [0.1, 0.15) is 0 Å². The molecule has 1 rings (SSSR count). The van der Waals surface area contributed by atoms with E-state index < -0.39 is 0 Å². The van der Waals surface area contributed by atoms with Crippen LogP contribution in [0.3, 0.4) is 0 Å². The Kier molecular flexibility index (Phi) is 2.91. The third-order valence-corrected chi connectivity index (χ3v) is 2.33. The van der Waals surface area contributed by atoms with Crippen molar-refractivity contribution in [1.29, 1.82) is 0 Å². The average molecular weight is 161 g/mol. The van der Waals surface area contributed by atoms with Gasteiger partial charge in [0.05, 0.1) is 0 Å². The lowest BCUT2D eigenvalue weighted by molar-refractivity contribution is 1.01. The molecule has 0 aromatic heterocycles. The van der Waals surface area contributed by atoms with Crippen LogP contribution < -0.4 is 0 Å². The fourth-order valence-electron chi connectivity index (χ4n) is 1.79. The summed E-state index contributed by atoms with van der Waals surface area (Å²) in [5.74, 6) is 0. The lowest BCUT2D eigenvalue weighted by Crippen LogP contribution is -1.96. The molecule has 0 atom stereocenters. The fraction of sp³-hybridized carbons (Fsp3) is 0.500. The second kappa shape index (κ2) is 3.75. The van der Waals surface area contributed by atoms with E-state index in [4.69, 9.17) is 0 Å². The van der Waals surface area contributed by atoms with Gasteiger partial charge in [-0.25, -0.2) is 0 Å². The lowest BCUT2D eigenvalue weighted by atomic mass is 9.96. The molecule has 1 radical (unpaired) electrons. The van der Waals surface area contributed by atoms with Gasteiger partial charge in [0.15, 0.2) is 0 Å². The minimum atomic E-state index is 1.10. The molecule has 0 fully saturated rings. The highest BCUT2D eigenvalue weighted by atomic mass is 14.1. The molecule has 0 saturated heterocycles. The lowest BCUT2D eigenvalue weighted by Gasteiger charge is -2.09. The van der Waals surface area contributed by atoms with Crippen molar-refractivity contribution in [2.45, 2.75) is 40.5 Å². The quantitative estimate of drug-likeness (QED) is 0.624. The van der Waals surface area contributed by atoms with E-state index in [0.717, 1.165) is 12.8 Å². The summed E-state index contributed by atoms with van der Waals surface area (Å²) in [6.07, 6.45) is 2.23. The highest BCUT2D eigenvalue weighted by molar-refractivity contribution is 5.37. The van der Waals surface area contributed by atoms with Gasteiger partial charge in [0, 0.05) is 0 Å². The van der Waals surface area contributed by atoms with E-state index >= 15 is 0 Å². The van der Waals surface area contributed by atoms with E-state index in [1.165, 1.54) is 22.3 Å². The standard InChI is InChI=1S/C12H17/c1-5-11-8-9(3)7-10(4)12(11)6-2/h7H,5-6H2,1-4H3. The molecule has 65 valence electrons. The molecule has 1 aromatic carbocycles. The zero-order chi connectivity index (χ0) is 9.14. The molecule has 0 heteroatoms. The number of rotatable bonds is 2. The van der Waals surface area contributed by atoms with Gasteiger partial charge in [-0.15, -0.1) is 0 Å². The van der Waals surface area contributed by atoms with Crippen molar-refractivity contribution in [3.8, 4) is 0 Å². The molecule has 0 amide bonds. The average Bonchev–Trinajstić information content (AvgIpc) is 2.03. The van der Waals surface area contributed by atoms with Gasteiger partial charge in [-0.2, -0.15) is 0 Å². The largest absolute Gasteiger partial charge is 0.0613 e. The summed E-state index contributed by atoms with van der Waals surface area (Å²) in [4.78, 5) is 0. The SMILES string of the molecule is CCc1[c]c(C)cc(C)c1CC. The highest BCUT2D eigenvalue weighted by Gasteiger charge is 2.03. The third-order valence-electron chi connectivity index (χ3n) is 2.33. The van der Waals surface area contributed by atoms with E-state index in [9.17, 15) is 0 Å². The van der Waals surface area contributed by atoms with Crippen LogP contribution >= 0.6 is 0 Å². The van der Waals surface area contributed by atoms with Crippen molar-refractivity contribution >= 4 is 0 Å². The maximum Gasteiger partial charge on any atom is -0.0114 e. The van der Waals surface area contributed by atoms with E-state index in [1.807, 2.05) is 0 Å². The molecule has 12 heavy (non-hydrogen) atoms. The van der Waals surface area contributed by atoms with Crippen molar-refractivity contribution in [2.75, 3.05) is 0 Å². The van der Waals surface area contributed by atoms with E-state index in [2.05, 4.69) is 39.8 Å². The zero-order valence-corrected chi connectivity index (χ0v) is 8.49. The van der Waals surface area contributed by atoms with Gasteiger partial charge in [-0.1, -0.05) is 19.9 Å². The Bertz CT molecular complexity index is 272. The Morgan fingerprint density at radius 1 is 1.17 bits per heavy atom. The van der Waals surface area contributed by atoms with Crippen LogP contribution in [-0.4, -0.2) is 0 Å². The first-order valence-electron chi connectivity index (χ1n) is 4.70. The minimum absolute atomic E-state index is 1.10. The van der Waals surface area contributed by atoms with E-state index in [0.29, 0.717) is 0 Å². The number of hydrogen-bond acceptors (Lipinski definition) is 0. The van der Waals surface area contributed by atoms with Gasteiger partial charge in [0.25, 0.3) is 0 Å². The molecule has 0 aliphatic carbocycles. The summed E-state index contributed by atoms with van der Waals surface area (Å²) < 4.78 is 0. The summed E-state index contributed by atoms with van der Waals surface area (Å²) in [7, 11) is 0. The molecule has 1 aromatic rings. The maximum atomic E-state index is 3.42. The number of aryl methyl sites for hydroxylation is 3. The van der Waals surface area contributed by atoms with Gasteiger partial charge < -0.3 is 0 Å². The first-order valence-corrected chi connectivity index (χ1v) is 4.70. The Hall–Kier alpha value is -0.780. The topological polar surface area (TPSA) is 0 Å². The molecule has 0 N–H and O–H groups in total. The molecule has 0 aliphatic heterocycles. The Labute approximate surface area is 75.6 Å². The summed E-state index contributed by atoms with van der Waals surface area (Å²) in [5, 5.41) is 0. The first-order chi connectivity index (χ1) is 5.69. The fourth-order valence-corrected chi connectivity index (χ4v) is 1.79. The Morgan fingerprint density at radius 2 is 1.83 bits per heavy atom. The van der Waals surface area contributed by atoms with Crippen LogP contribution in [0.4, 0.5) is 0 Å². The van der Waals surface area contributed by atoms with Crippen molar-refractivity contribution in [3.05, 3.63) is 34.4 Å². The summed E-state index contributed by atoms with van der Waals surface area (Å²) in [6, 6.07) is 5.64. The van der Waals surface area contributed by atoms with Crippen molar-refractivity contribution in [3.63, 3.8) is 0 Å². The number of hydrogen-bond donors (Lipinski definition) is 0. The monoisotopic (exact) mass is 161 g/mol. The number of benzene rings is 1. The van der Waals surface area contributed by atoms with Crippen molar-refractivity contribution in [1.82, 2.24) is 0 Å². The smallest absolute Gasteiger partial charge is 0.0114 e. The van der Waals surface area contributed by atoms with Gasteiger partial charge in [-0.05, 0) is 55.0 Å². The van der Waals surface area contributed by atoms with E-state index in [1.54, 1.807) is 0 Å². The van der Waals surface area contributed by atoms with Gasteiger partial charge in [0.2, 0.25) is 0 Å². The molecule has 0 nitrogen and oxygen atoms in total. The van der Waals surface area contributed by atoms with Crippen LogP contribution in [-0.2, 0) is 12.8 Å². The second-order valence-corrected chi connectivity index (χ2v) is 3.30. The predicted molar refractivity (Wildman–Crippen MR) is 53.5 cm³/mol. The van der Waals surface area contributed by atoms with Crippen LogP contribution in [0.15, 0.2) is 6.07 Å². The van der Waals surface area contributed by atoms with Gasteiger partial charge >= 0.3 is 0 Å². The molecular formula is C12H17. The third kappa shape index (κ3) is 1.69. The summed E-state index contributed by atoms with van der Waals surface area (Å²) in [5.41, 5.74) is 5.57. The Morgan fingerprint density at radius 3 is 2.33 bits per heavy atom. The van der Waals surface area contributed by atoms with Crippen LogP contribution in [0.2, 0.25) is 0 Å². The van der Waals surface area contributed by atoms with Crippen LogP contribution in [0.25, 0.3) is 0 Å². The molecule has 0 aliphatic rings. The van der Waals surface area contributed by atoms with Gasteiger partial charge in [-0.3, -0.25) is 0 Å². The van der Waals surface area contributed by atoms with E-state index in [-0.39, 0.29) is 0 Å². The molecule has 0 heterocycles. The van der Waals surface area contributed by atoms with Crippen LogP contribution in [0, 0.1) is 19.9 Å². The maximum absolute atomic E-state index is 3.42. The molecule has 0 unspecified atom stereocenters. The zero-order valence-electron chi connectivity index (χ0n) is 8.49. The second-order valence-electron chi connectivity index (χ2n) is 3.30. The summed E-state index contributed by atoms with van der Waals surface area (Å²) in [6.45, 7) is 8.72. The first kappa shape index (κ1) is 9.31. The van der Waals surface area contributed by atoms with Crippen LogP contribution in [0.1, 0.15) is 36.1 Å². The Balaban J connectivity index is 3.24. The van der Waals surface area contributed by atoms with Crippen molar-refractivity contribution < 1.29 is 0 Å². The molecule has 0 spiro atoms. The molecular weight excluding hydrogens is 144 g/mol. The molecule has 0 bridgehead atoms. The highest BCUT2D eigenvalue weighted by Crippen LogP contribution is 2.17. The predicted octanol–water partition coefficient (Wildman–Crippen LogP) is 3.23. The summed E-state index contributed by atoms with van der Waals surface area (Å²) >= 11 is 0. The van der Waals surface area contributed by atoms with Crippen LogP contribution in [0.5, 0.6) is 0 Å². The van der Waals surface area contributed by atoms with Crippen molar-refractivity contribution in [2.24, 2.45) is 0 Å². The normalized spacial score (nSPS) is 10.3.